The van der Waals surface area contributed by atoms with E-state index in [2.05, 4.69) is 222 Å². The summed E-state index contributed by atoms with van der Waals surface area (Å²) in [5, 5.41) is 13.7. The first-order valence-corrected chi connectivity index (χ1v) is 23.1. The van der Waals surface area contributed by atoms with Crippen LogP contribution in [0, 0.1) is 0 Å². The smallest absolute Gasteiger partial charge is 0.248 e. The Bertz CT molecular complexity index is 3730. The van der Waals surface area contributed by atoms with Crippen LogP contribution in [0.25, 0.3) is 117 Å². The van der Waals surface area contributed by atoms with Gasteiger partial charge in [0, 0.05) is 27.6 Å². The SMILES string of the molecule is CCCc1ccc(-c2ccccc2-c2ccc(-c3nnc(-c4ccccc4)o3)cc2)c(-c2ccc3c(c2)c2cc(-c4ccc(-c5cccc6ccccc56)cc4)ccc2n3-c2ccccc2)c1. The van der Waals surface area contributed by atoms with Gasteiger partial charge in [-0.1, -0.05) is 183 Å². The van der Waals surface area contributed by atoms with E-state index in [4.69, 9.17) is 4.42 Å². The number of aromatic nitrogens is 3. The van der Waals surface area contributed by atoms with Gasteiger partial charge in [-0.2, -0.15) is 0 Å². The van der Waals surface area contributed by atoms with E-state index in [0.717, 1.165) is 40.8 Å². The third kappa shape index (κ3) is 7.39. The molecular weight excluding hydrogens is 815 g/mol. The van der Waals surface area contributed by atoms with Crippen LogP contribution in [0.5, 0.6) is 0 Å². The van der Waals surface area contributed by atoms with Crippen molar-refractivity contribution in [2.24, 2.45) is 0 Å². The molecule has 0 saturated heterocycles. The number of nitrogens with zero attached hydrogens (tertiary/aromatic N) is 3. The third-order valence-corrected chi connectivity index (χ3v) is 13.1. The summed E-state index contributed by atoms with van der Waals surface area (Å²) in [7, 11) is 0. The van der Waals surface area contributed by atoms with Gasteiger partial charge in [0.1, 0.15) is 0 Å². The molecule has 0 aliphatic carbocycles. The topological polar surface area (TPSA) is 43.9 Å². The minimum Gasteiger partial charge on any atom is -0.416 e. The fourth-order valence-electron chi connectivity index (χ4n) is 9.85. The second kappa shape index (κ2) is 17.1. The number of para-hydroxylation sites is 1. The van der Waals surface area contributed by atoms with Crippen molar-refractivity contribution in [1.29, 1.82) is 0 Å². The number of rotatable bonds is 10. The van der Waals surface area contributed by atoms with Crippen LogP contribution in [-0.2, 0) is 6.42 Å². The highest BCUT2D eigenvalue weighted by Gasteiger charge is 2.19. The van der Waals surface area contributed by atoms with E-state index in [9.17, 15) is 0 Å². The fourth-order valence-corrected chi connectivity index (χ4v) is 9.85. The van der Waals surface area contributed by atoms with Gasteiger partial charge in [0.05, 0.1) is 11.0 Å². The quantitative estimate of drug-likeness (QED) is 0.138. The number of hydrogen-bond donors (Lipinski definition) is 0. The molecule has 2 aromatic heterocycles. The van der Waals surface area contributed by atoms with Crippen molar-refractivity contribution in [3.05, 3.63) is 236 Å². The van der Waals surface area contributed by atoms with Gasteiger partial charge in [0.15, 0.2) is 0 Å². The average molecular weight is 860 g/mol. The lowest BCUT2D eigenvalue weighted by molar-refractivity contribution is 0.584. The molecule has 2 heterocycles. The maximum atomic E-state index is 6.11. The van der Waals surface area contributed by atoms with Gasteiger partial charge in [-0.15, -0.1) is 10.2 Å². The molecule has 0 aliphatic rings. The third-order valence-electron chi connectivity index (χ3n) is 13.1. The molecule has 0 amide bonds. The molecule has 0 saturated carbocycles. The Morgan fingerprint density at radius 2 is 0.881 bits per heavy atom. The molecule has 0 aliphatic heterocycles. The molecule has 10 aromatic carbocycles. The summed E-state index contributed by atoms with van der Waals surface area (Å²) in [6.07, 6.45) is 2.08. The minimum atomic E-state index is 0.499. The molecule has 4 nitrogen and oxygen atoms in total. The van der Waals surface area contributed by atoms with E-state index >= 15 is 0 Å². The van der Waals surface area contributed by atoms with Crippen molar-refractivity contribution in [2.45, 2.75) is 19.8 Å². The van der Waals surface area contributed by atoms with E-state index in [-0.39, 0.29) is 0 Å². The highest BCUT2D eigenvalue weighted by Crippen LogP contribution is 2.43. The monoisotopic (exact) mass is 859 g/mol. The summed E-state index contributed by atoms with van der Waals surface area (Å²) in [4.78, 5) is 0. The summed E-state index contributed by atoms with van der Waals surface area (Å²) in [5.41, 5.74) is 18.5. The van der Waals surface area contributed by atoms with E-state index in [1.807, 2.05) is 30.3 Å². The van der Waals surface area contributed by atoms with Crippen molar-refractivity contribution in [1.82, 2.24) is 14.8 Å². The molecule has 0 atom stereocenters. The van der Waals surface area contributed by atoms with Gasteiger partial charge in [-0.05, 0) is 139 Å². The normalized spacial score (nSPS) is 11.5. The molecule has 0 bridgehead atoms. The summed E-state index contributed by atoms with van der Waals surface area (Å²) in [6, 6.07) is 83.1. The Kier molecular flexibility index (Phi) is 10.2. The van der Waals surface area contributed by atoms with E-state index in [1.54, 1.807) is 0 Å². The number of fused-ring (bicyclic) bond motifs is 4. The summed E-state index contributed by atoms with van der Waals surface area (Å²) < 4.78 is 8.52. The number of aryl methyl sites for hydroxylation is 1. The van der Waals surface area contributed by atoms with Gasteiger partial charge in [-0.25, -0.2) is 0 Å². The zero-order chi connectivity index (χ0) is 44.7. The van der Waals surface area contributed by atoms with Gasteiger partial charge in [0.25, 0.3) is 0 Å². The van der Waals surface area contributed by atoms with Crippen molar-refractivity contribution in [3.63, 3.8) is 0 Å². The predicted octanol–water partition coefficient (Wildman–Crippen LogP) is 16.9. The van der Waals surface area contributed by atoms with Gasteiger partial charge >= 0.3 is 0 Å². The van der Waals surface area contributed by atoms with Crippen LogP contribution >= 0.6 is 0 Å². The van der Waals surface area contributed by atoms with Crippen LogP contribution < -0.4 is 0 Å². The molecule has 0 radical (unpaired) electrons. The van der Waals surface area contributed by atoms with Gasteiger partial charge < -0.3 is 8.98 Å². The lowest BCUT2D eigenvalue weighted by Gasteiger charge is -2.17. The molecule has 318 valence electrons. The maximum Gasteiger partial charge on any atom is 0.248 e. The van der Waals surface area contributed by atoms with Crippen LogP contribution in [0.15, 0.2) is 235 Å². The second-order valence-corrected chi connectivity index (χ2v) is 17.3. The molecule has 0 unspecified atom stereocenters. The highest BCUT2D eigenvalue weighted by molar-refractivity contribution is 6.12. The molecule has 67 heavy (non-hydrogen) atoms. The molecule has 0 N–H and O–H groups in total. The van der Waals surface area contributed by atoms with Crippen LogP contribution in [0.4, 0.5) is 0 Å². The Morgan fingerprint density at radius 3 is 1.61 bits per heavy atom. The first-order valence-electron chi connectivity index (χ1n) is 23.1. The zero-order valence-electron chi connectivity index (χ0n) is 37.1. The Morgan fingerprint density at radius 1 is 0.358 bits per heavy atom. The zero-order valence-corrected chi connectivity index (χ0v) is 37.1. The highest BCUT2D eigenvalue weighted by atomic mass is 16.4. The van der Waals surface area contributed by atoms with Gasteiger partial charge in [-0.3, -0.25) is 0 Å². The van der Waals surface area contributed by atoms with Crippen molar-refractivity contribution < 1.29 is 4.42 Å². The summed E-state index contributed by atoms with van der Waals surface area (Å²) in [6.45, 7) is 2.25. The van der Waals surface area contributed by atoms with Crippen LogP contribution in [0.2, 0.25) is 0 Å². The molecule has 12 rings (SSSR count). The molecule has 0 spiro atoms. The number of hydrogen-bond acceptors (Lipinski definition) is 3. The molecule has 12 aromatic rings. The maximum absolute atomic E-state index is 6.11. The van der Waals surface area contributed by atoms with E-state index in [0.29, 0.717) is 11.8 Å². The summed E-state index contributed by atoms with van der Waals surface area (Å²) >= 11 is 0. The van der Waals surface area contributed by atoms with E-state index in [1.165, 1.54) is 82.6 Å². The largest absolute Gasteiger partial charge is 0.416 e. The molecule has 4 heteroatoms. The standard InChI is InChI=1S/C63H45N3O/c1-2-14-42-25-36-56(55-23-12-11-22-54(55)46-30-32-48(33-31-46)63-65-64-62(67-63)47-16-5-3-6-17-47)57(39-42)50-35-38-61-59(41-50)58-40-49(34-37-60(58)66(61)51-19-7-4-8-20-51)43-26-28-45(29-27-43)53-24-13-18-44-15-9-10-21-52(44)53/h3-13,15-41H,2,14H2,1H3. The predicted molar refractivity (Wildman–Crippen MR) is 278 cm³/mol. The van der Waals surface area contributed by atoms with Crippen molar-refractivity contribution in [2.75, 3.05) is 0 Å². The Hall–Kier alpha value is -8.60. The Labute approximate surface area is 390 Å². The van der Waals surface area contributed by atoms with Crippen molar-refractivity contribution in [3.8, 4) is 84.2 Å². The van der Waals surface area contributed by atoms with Crippen LogP contribution in [0.3, 0.4) is 0 Å². The summed E-state index contributed by atoms with van der Waals surface area (Å²) in [5.74, 6) is 1.01. The average Bonchev–Trinajstić information content (AvgIpc) is 4.03. The lowest BCUT2D eigenvalue weighted by atomic mass is 9.87. The second-order valence-electron chi connectivity index (χ2n) is 17.3. The van der Waals surface area contributed by atoms with Gasteiger partial charge in [0.2, 0.25) is 11.8 Å². The Balaban J connectivity index is 0.960. The van der Waals surface area contributed by atoms with Crippen LogP contribution in [0.1, 0.15) is 18.9 Å². The first-order chi connectivity index (χ1) is 33.2. The first kappa shape index (κ1) is 40.0. The number of benzene rings is 10. The van der Waals surface area contributed by atoms with Crippen molar-refractivity contribution >= 4 is 32.6 Å². The fraction of sp³-hybridized carbons (Fsp3) is 0.0476. The lowest BCUT2D eigenvalue weighted by Crippen LogP contribution is -1.94. The minimum absolute atomic E-state index is 0.499. The van der Waals surface area contributed by atoms with E-state index < -0.39 is 0 Å². The van der Waals surface area contributed by atoms with Crippen LogP contribution in [-0.4, -0.2) is 14.8 Å². The molecular formula is C63H45N3O. The molecule has 0 fully saturated rings.